The Kier molecular flexibility index (Phi) is 5.47. The molecule has 5 heteroatoms. The summed E-state index contributed by atoms with van der Waals surface area (Å²) >= 11 is 4.81. The number of alkyl halides is 1. The van der Waals surface area contributed by atoms with E-state index in [1.165, 1.54) is 0 Å². The molecule has 1 unspecified atom stereocenters. The molecule has 14 heavy (non-hydrogen) atoms. The molecule has 0 aromatic rings. The number of carbonyl (C=O) groups excluding carboxylic acids is 1. The Morgan fingerprint density at radius 3 is 2.36 bits per heavy atom. The maximum absolute atomic E-state index is 11.4. The van der Waals surface area contributed by atoms with Crippen LogP contribution >= 0.6 is 27.7 Å². The average Bonchev–Trinajstić information content (AvgIpc) is 1.98. The molecule has 0 saturated carbocycles. The number of nitrogens with one attached hydrogen (secondary N) is 1. The van der Waals surface area contributed by atoms with Gasteiger partial charge in [-0.3, -0.25) is 4.79 Å². The van der Waals surface area contributed by atoms with Crippen molar-refractivity contribution in [3.05, 3.63) is 0 Å². The van der Waals surface area contributed by atoms with E-state index in [0.29, 0.717) is 5.75 Å². The minimum absolute atomic E-state index is 0.112. The van der Waals surface area contributed by atoms with Crippen LogP contribution in [0.3, 0.4) is 0 Å². The maximum Gasteiger partial charge on any atom is 0.236 e. The summed E-state index contributed by atoms with van der Waals surface area (Å²) in [5.41, 5.74) is -0.840. The first-order valence-corrected chi connectivity index (χ1v) is 6.56. The summed E-state index contributed by atoms with van der Waals surface area (Å²) < 4.78 is -0.581. The van der Waals surface area contributed by atoms with Gasteiger partial charge in [-0.05, 0) is 27.0 Å². The average molecular weight is 284 g/mol. The largest absolute Gasteiger partial charge is 0.387 e. The molecule has 0 aliphatic carbocycles. The summed E-state index contributed by atoms with van der Waals surface area (Å²) in [4.78, 5) is 11.4. The Hall–Kier alpha value is 0.260. The smallest absolute Gasteiger partial charge is 0.236 e. The lowest BCUT2D eigenvalue weighted by Crippen LogP contribution is -2.47. The van der Waals surface area contributed by atoms with Crippen LogP contribution in [0.1, 0.15) is 20.8 Å². The number of aliphatic hydroxyl groups is 1. The zero-order valence-corrected chi connectivity index (χ0v) is 11.5. The lowest BCUT2D eigenvalue weighted by Gasteiger charge is -2.24. The monoisotopic (exact) mass is 283 g/mol. The fourth-order valence-corrected chi connectivity index (χ4v) is 1.71. The molecule has 3 nitrogen and oxygen atoms in total. The van der Waals surface area contributed by atoms with Crippen LogP contribution in [0.5, 0.6) is 0 Å². The van der Waals surface area contributed by atoms with Crippen molar-refractivity contribution in [2.75, 3.05) is 18.6 Å². The van der Waals surface area contributed by atoms with E-state index in [9.17, 15) is 9.90 Å². The van der Waals surface area contributed by atoms with Gasteiger partial charge >= 0.3 is 0 Å². The van der Waals surface area contributed by atoms with E-state index >= 15 is 0 Å². The van der Waals surface area contributed by atoms with Crippen molar-refractivity contribution in [2.24, 2.45) is 0 Å². The van der Waals surface area contributed by atoms with E-state index in [1.54, 1.807) is 32.5 Å². The molecule has 0 aromatic heterocycles. The SMILES string of the molecule is CSCC(C)(O)CNC(=O)C(C)(C)Br. The van der Waals surface area contributed by atoms with Gasteiger partial charge in [-0.2, -0.15) is 11.8 Å². The van der Waals surface area contributed by atoms with Gasteiger partial charge < -0.3 is 10.4 Å². The van der Waals surface area contributed by atoms with Crippen LogP contribution in [0.2, 0.25) is 0 Å². The standard InChI is InChI=1S/C9H18BrNO2S/c1-8(2,10)7(12)11-5-9(3,13)6-14-4/h13H,5-6H2,1-4H3,(H,11,12). The third kappa shape index (κ3) is 5.88. The quantitative estimate of drug-likeness (QED) is 0.750. The van der Waals surface area contributed by atoms with Crippen LogP contribution in [0.25, 0.3) is 0 Å². The van der Waals surface area contributed by atoms with Crippen molar-refractivity contribution in [3.8, 4) is 0 Å². The minimum atomic E-state index is -0.840. The first-order valence-electron chi connectivity index (χ1n) is 4.37. The second-order valence-electron chi connectivity index (χ2n) is 4.09. The van der Waals surface area contributed by atoms with Crippen molar-refractivity contribution in [3.63, 3.8) is 0 Å². The van der Waals surface area contributed by atoms with Crippen molar-refractivity contribution in [1.29, 1.82) is 0 Å². The lowest BCUT2D eigenvalue weighted by atomic mass is 10.1. The summed E-state index contributed by atoms with van der Waals surface area (Å²) in [5.74, 6) is 0.495. The van der Waals surface area contributed by atoms with Crippen LogP contribution in [-0.2, 0) is 4.79 Å². The number of amides is 1. The molecule has 0 bridgehead atoms. The van der Waals surface area contributed by atoms with Gasteiger partial charge in [-0.25, -0.2) is 0 Å². The van der Waals surface area contributed by atoms with Crippen molar-refractivity contribution in [1.82, 2.24) is 5.32 Å². The minimum Gasteiger partial charge on any atom is -0.387 e. The van der Waals surface area contributed by atoms with E-state index in [0.717, 1.165) is 0 Å². The molecular formula is C9H18BrNO2S. The summed E-state index contributed by atoms with van der Waals surface area (Å²) in [5, 5.41) is 12.5. The first-order chi connectivity index (χ1) is 6.19. The Morgan fingerprint density at radius 2 is 2.00 bits per heavy atom. The molecule has 0 saturated heterocycles. The molecule has 0 aromatic carbocycles. The zero-order chi connectivity index (χ0) is 11.4. The topological polar surface area (TPSA) is 49.3 Å². The highest BCUT2D eigenvalue weighted by Gasteiger charge is 2.26. The van der Waals surface area contributed by atoms with Crippen LogP contribution in [0, 0.1) is 0 Å². The summed E-state index contributed by atoms with van der Waals surface area (Å²) in [6.07, 6.45) is 1.92. The van der Waals surface area contributed by atoms with E-state index in [-0.39, 0.29) is 12.5 Å². The molecule has 84 valence electrons. The normalized spacial score (nSPS) is 16.1. The first kappa shape index (κ1) is 14.3. The molecule has 1 amide bonds. The van der Waals surface area contributed by atoms with Gasteiger partial charge in [-0.15, -0.1) is 0 Å². The molecule has 2 N–H and O–H groups in total. The predicted octanol–water partition coefficient (Wildman–Crippen LogP) is 1.39. The Labute approximate surface area is 98.2 Å². The Bertz CT molecular complexity index is 201. The lowest BCUT2D eigenvalue weighted by molar-refractivity contribution is -0.123. The van der Waals surface area contributed by atoms with E-state index in [4.69, 9.17) is 0 Å². The predicted molar refractivity (Wildman–Crippen MR) is 65.0 cm³/mol. The highest BCUT2D eigenvalue weighted by Crippen LogP contribution is 2.16. The molecule has 0 rings (SSSR count). The van der Waals surface area contributed by atoms with Crippen molar-refractivity contribution >= 4 is 33.6 Å². The zero-order valence-electron chi connectivity index (χ0n) is 9.06. The third-order valence-electron chi connectivity index (χ3n) is 1.63. The van der Waals surface area contributed by atoms with E-state index in [2.05, 4.69) is 21.2 Å². The Morgan fingerprint density at radius 1 is 1.50 bits per heavy atom. The van der Waals surface area contributed by atoms with Crippen LogP contribution < -0.4 is 5.32 Å². The second kappa shape index (κ2) is 5.37. The molecule has 0 aliphatic rings. The van der Waals surface area contributed by atoms with Gasteiger partial charge in [0, 0.05) is 12.3 Å². The summed E-state index contributed by atoms with van der Waals surface area (Å²) in [6, 6.07) is 0. The number of hydrogen-bond acceptors (Lipinski definition) is 3. The molecule has 0 heterocycles. The van der Waals surface area contributed by atoms with E-state index in [1.807, 2.05) is 6.26 Å². The van der Waals surface area contributed by atoms with Crippen molar-refractivity contribution in [2.45, 2.75) is 30.7 Å². The Balaban J connectivity index is 4.00. The number of rotatable bonds is 5. The molecular weight excluding hydrogens is 266 g/mol. The summed E-state index contributed by atoms with van der Waals surface area (Å²) in [7, 11) is 0. The highest BCUT2D eigenvalue weighted by atomic mass is 79.9. The fraction of sp³-hybridized carbons (Fsp3) is 0.889. The van der Waals surface area contributed by atoms with Gasteiger partial charge in [0.1, 0.15) is 0 Å². The van der Waals surface area contributed by atoms with Crippen molar-refractivity contribution < 1.29 is 9.90 Å². The molecule has 1 atom stereocenters. The fourth-order valence-electron chi connectivity index (χ4n) is 0.843. The third-order valence-corrected chi connectivity index (χ3v) is 2.90. The van der Waals surface area contributed by atoms with Gasteiger partial charge in [0.2, 0.25) is 5.91 Å². The highest BCUT2D eigenvalue weighted by molar-refractivity contribution is 9.10. The number of carbonyl (C=O) groups is 1. The van der Waals surface area contributed by atoms with Gasteiger partial charge in [0.15, 0.2) is 0 Å². The molecule has 0 spiro atoms. The molecule has 0 aliphatic heterocycles. The number of thioether (sulfide) groups is 1. The van der Waals surface area contributed by atoms with Crippen LogP contribution in [-0.4, -0.2) is 39.5 Å². The second-order valence-corrected chi connectivity index (χ2v) is 6.93. The van der Waals surface area contributed by atoms with Crippen LogP contribution in [0.4, 0.5) is 0 Å². The van der Waals surface area contributed by atoms with E-state index < -0.39 is 9.93 Å². The van der Waals surface area contributed by atoms with Gasteiger partial charge in [0.25, 0.3) is 0 Å². The van der Waals surface area contributed by atoms with Gasteiger partial charge in [0.05, 0.1) is 9.93 Å². The molecule has 0 radical (unpaired) electrons. The number of hydrogen-bond donors (Lipinski definition) is 2. The van der Waals surface area contributed by atoms with Gasteiger partial charge in [-0.1, -0.05) is 15.9 Å². The number of halogens is 1. The summed E-state index contributed by atoms with van der Waals surface area (Å²) in [6.45, 7) is 5.53. The van der Waals surface area contributed by atoms with Crippen LogP contribution in [0.15, 0.2) is 0 Å². The molecule has 0 fully saturated rings. The maximum atomic E-state index is 11.4.